The van der Waals surface area contributed by atoms with Crippen LogP contribution in [0.15, 0.2) is 41.3 Å². The molecule has 1 aliphatic heterocycles. The van der Waals surface area contributed by atoms with E-state index >= 15 is 0 Å². The van der Waals surface area contributed by atoms with Gasteiger partial charge in [0.25, 0.3) is 21.8 Å². The predicted octanol–water partition coefficient (Wildman–Crippen LogP) is 1.40. The van der Waals surface area contributed by atoms with Gasteiger partial charge >= 0.3 is 0 Å². The maximum Gasteiger partial charge on any atom is 0.261 e. The average Bonchev–Trinajstić information content (AvgIpc) is 2.83. The average molecular weight is 430 g/mol. The first-order chi connectivity index (χ1) is 12.5. The Balaban J connectivity index is 1.89. The Labute approximate surface area is 159 Å². The van der Waals surface area contributed by atoms with Gasteiger partial charge in [0.1, 0.15) is 0 Å². The van der Waals surface area contributed by atoms with E-state index in [1.807, 2.05) is 0 Å². The quantitative estimate of drug-likeness (QED) is 0.614. The van der Waals surface area contributed by atoms with Crippen molar-refractivity contribution in [2.24, 2.45) is 0 Å². The number of imide groups is 1. The van der Waals surface area contributed by atoms with Crippen molar-refractivity contribution in [3.8, 4) is 0 Å². The number of halogens is 1. The van der Waals surface area contributed by atoms with Crippen LogP contribution in [0.2, 0.25) is 5.02 Å². The zero-order valence-electron chi connectivity index (χ0n) is 13.6. The van der Waals surface area contributed by atoms with E-state index in [-0.39, 0.29) is 32.4 Å². The van der Waals surface area contributed by atoms with Crippen LogP contribution >= 0.6 is 11.6 Å². The van der Waals surface area contributed by atoms with Crippen LogP contribution in [0.25, 0.3) is 0 Å². The highest BCUT2D eigenvalue weighted by Gasteiger charge is 2.28. The van der Waals surface area contributed by atoms with E-state index in [2.05, 4.69) is 14.8 Å². The van der Waals surface area contributed by atoms with Gasteiger partial charge in [-0.1, -0.05) is 11.6 Å². The van der Waals surface area contributed by atoms with Crippen molar-refractivity contribution < 1.29 is 26.4 Å². The minimum absolute atomic E-state index is 0.0143. The van der Waals surface area contributed by atoms with Gasteiger partial charge in [-0.15, -0.1) is 0 Å². The molecule has 0 unspecified atom stereocenters. The van der Waals surface area contributed by atoms with Gasteiger partial charge in [-0.25, -0.2) is 16.8 Å². The third kappa shape index (κ3) is 4.04. The largest absolute Gasteiger partial charge is 0.288 e. The topological polar surface area (TPSA) is 139 Å². The molecule has 1 heterocycles. The van der Waals surface area contributed by atoms with Gasteiger partial charge < -0.3 is 0 Å². The molecule has 27 heavy (non-hydrogen) atoms. The van der Waals surface area contributed by atoms with Crippen molar-refractivity contribution in [2.45, 2.75) is 4.90 Å². The van der Waals surface area contributed by atoms with Crippen LogP contribution in [-0.4, -0.2) is 34.9 Å². The van der Waals surface area contributed by atoms with Gasteiger partial charge in [-0.05, 0) is 36.4 Å². The van der Waals surface area contributed by atoms with Gasteiger partial charge in [0, 0.05) is 0 Å². The maximum absolute atomic E-state index is 12.5. The van der Waals surface area contributed by atoms with E-state index in [1.54, 1.807) is 0 Å². The van der Waals surface area contributed by atoms with Crippen molar-refractivity contribution in [3.63, 3.8) is 0 Å². The van der Waals surface area contributed by atoms with Crippen LogP contribution in [0.3, 0.4) is 0 Å². The molecule has 0 atom stereocenters. The molecule has 3 rings (SSSR count). The summed E-state index contributed by atoms with van der Waals surface area (Å²) in [6.45, 7) is 0. The highest BCUT2D eigenvalue weighted by atomic mass is 35.5. The summed E-state index contributed by atoms with van der Waals surface area (Å²) in [7, 11) is -7.62. The molecule has 0 bridgehead atoms. The molecule has 2 aromatic carbocycles. The molecule has 0 spiro atoms. The van der Waals surface area contributed by atoms with E-state index < -0.39 is 31.9 Å². The number of rotatable bonds is 5. The van der Waals surface area contributed by atoms with Crippen molar-refractivity contribution in [3.05, 3.63) is 52.5 Å². The second kappa shape index (κ2) is 6.51. The SMILES string of the molecule is CS(=O)(=O)Nc1ccc(NS(=O)(=O)c2ccc3c(c2)C(=O)NC3=O)cc1Cl. The molecule has 9 nitrogen and oxygen atoms in total. The lowest BCUT2D eigenvalue weighted by Gasteiger charge is -2.11. The molecule has 0 aromatic heterocycles. The molecule has 0 radical (unpaired) electrons. The lowest BCUT2D eigenvalue weighted by molar-refractivity contribution is 0.0879. The number of fused-ring (bicyclic) bond motifs is 1. The highest BCUT2D eigenvalue weighted by Crippen LogP contribution is 2.28. The minimum Gasteiger partial charge on any atom is -0.288 e. The Kier molecular flexibility index (Phi) is 4.62. The van der Waals surface area contributed by atoms with Crippen molar-refractivity contribution in [2.75, 3.05) is 15.7 Å². The molecule has 0 saturated heterocycles. The number of hydrogen-bond acceptors (Lipinski definition) is 6. The smallest absolute Gasteiger partial charge is 0.261 e. The minimum atomic E-state index is -4.08. The Bertz CT molecular complexity index is 1190. The van der Waals surface area contributed by atoms with E-state index in [9.17, 15) is 26.4 Å². The lowest BCUT2D eigenvalue weighted by atomic mass is 10.1. The first kappa shape index (κ1) is 19.1. The zero-order chi connectivity index (χ0) is 20.0. The number of amides is 2. The van der Waals surface area contributed by atoms with Crippen LogP contribution in [0.4, 0.5) is 11.4 Å². The number of nitrogens with one attached hydrogen (secondary N) is 3. The summed E-state index contributed by atoms with van der Waals surface area (Å²) >= 11 is 5.97. The number of carbonyl (C=O) groups is 2. The molecule has 0 aliphatic carbocycles. The van der Waals surface area contributed by atoms with E-state index in [1.165, 1.54) is 30.3 Å². The number of carbonyl (C=O) groups excluding carboxylic acids is 2. The summed E-state index contributed by atoms with van der Waals surface area (Å²) in [6.07, 6.45) is 0.953. The van der Waals surface area contributed by atoms with E-state index in [4.69, 9.17) is 11.6 Å². The first-order valence-electron chi connectivity index (χ1n) is 7.26. The summed E-state index contributed by atoms with van der Waals surface area (Å²) in [5, 5.41) is 2.06. The Hall–Kier alpha value is -2.63. The molecule has 0 saturated carbocycles. The molecule has 142 valence electrons. The fourth-order valence-corrected chi connectivity index (χ4v) is 4.33. The van der Waals surface area contributed by atoms with E-state index in [0.29, 0.717) is 0 Å². The predicted molar refractivity (Wildman–Crippen MR) is 99.0 cm³/mol. The highest BCUT2D eigenvalue weighted by molar-refractivity contribution is 7.92. The summed E-state index contributed by atoms with van der Waals surface area (Å²) in [6, 6.07) is 7.39. The Morgan fingerprint density at radius 3 is 2.19 bits per heavy atom. The van der Waals surface area contributed by atoms with Crippen LogP contribution in [0.1, 0.15) is 20.7 Å². The molecule has 12 heteroatoms. The third-order valence-electron chi connectivity index (χ3n) is 3.53. The molecule has 1 aliphatic rings. The number of hydrogen-bond donors (Lipinski definition) is 3. The zero-order valence-corrected chi connectivity index (χ0v) is 16.0. The molecule has 0 fully saturated rings. The summed E-state index contributed by atoms with van der Waals surface area (Å²) in [5.41, 5.74) is 0.238. The fraction of sp³-hybridized carbons (Fsp3) is 0.0667. The van der Waals surface area contributed by atoms with Crippen LogP contribution in [0, 0.1) is 0 Å². The van der Waals surface area contributed by atoms with E-state index in [0.717, 1.165) is 12.3 Å². The monoisotopic (exact) mass is 429 g/mol. The summed E-state index contributed by atoms with van der Waals surface area (Å²) < 4.78 is 52.0. The lowest BCUT2D eigenvalue weighted by Crippen LogP contribution is -2.19. The van der Waals surface area contributed by atoms with Crippen LogP contribution < -0.4 is 14.8 Å². The fourth-order valence-electron chi connectivity index (χ4n) is 2.39. The number of sulfonamides is 2. The maximum atomic E-state index is 12.5. The van der Waals surface area contributed by atoms with Gasteiger partial charge in [-0.3, -0.25) is 24.4 Å². The van der Waals surface area contributed by atoms with Crippen LogP contribution in [-0.2, 0) is 20.0 Å². The van der Waals surface area contributed by atoms with Crippen molar-refractivity contribution >= 4 is 54.8 Å². The normalized spacial score (nSPS) is 13.9. The Morgan fingerprint density at radius 2 is 1.56 bits per heavy atom. The summed E-state index contributed by atoms with van der Waals surface area (Å²) in [5.74, 6) is -1.26. The third-order valence-corrected chi connectivity index (χ3v) is 5.82. The molecular formula is C15H12ClN3O6S2. The Morgan fingerprint density at radius 1 is 0.889 bits per heavy atom. The second-order valence-corrected chi connectivity index (χ2v) is 9.50. The molecule has 2 amide bonds. The number of anilines is 2. The van der Waals surface area contributed by atoms with Crippen molar-refractivity contribution in [1.82, 2.24) is 5.32 Å². The molecule has 3 N–H and O–H groups in total. The second-order valence-electron chi connectivity index (χ2n) is 5.66. The molecular weight excluding hydrogens is 418 g/mol. The van der Waals surface area contributed by atoms with Crippen molar-refractivity contribution in [1.29, 1.82) is 0 Å². The van der Waals surface area contributed by atoms with Gasteiger partial charge in [0.15, 0.2) is 0 Å². The first-order valence-corrected chi connectivity index (χ1v) is 11.0. The number of benzene rings is 2. The van der Waals surface area contributed by atoms with Crippen LogP contribution in [0.5, 0.6) is 0 Å². The van der Waals surface area contributed by atoms with Gasteiger partial charge in [-0.2, -0.15) is 0 Å². The summed E-state index contributed by atoms with van der Waals surface area (Å²) in [4.78, 5) is 23.0. The standard InChI is InChI=1S/C15H12ClN3O6S2/c1-26(22,23)19-13-5-2-8(6-12(13)16)18-27(24,25)9-3-4-10-11(7-9)15(21)17-14(10)20/h2-7,18-19H,1H3,(H,17,20,21). The van der Waals surface area contributed by atoms with Gasteiger partial charge in [0.2, 0.25) is 10.0 Å². The molecule has 2 aromatic rings. The van der Waals surface area contributed by atoms with Gasteiger partial charge in [0.05, 0.1) is 38.7 Å².